The van der Waals surface area contributed by atoms with E-state index in [1.165, 1.54) is 0 Å². The summed E-state index contributed by atoms with van der Waals surface area (Å²) in [5.74, 6) is 0.224. The number of carbonyl (C=O) groups is 2. The fourth-order valence-electron chi connectivity index (χ4n) is 2.40. The van der Waals surface area contributed by atoms with Crippen molar-refractivity contribution in [3.63, 3.8) is 0 Å². The first kappa shape index (κ1) is 19.3. The van der Waals surface area contributed by atoms with Gasteiger partial charge in [0, 0.05) is 11.7 Å². The zero-order valence-electron chi connectivity index (χ0n) is 15.3. The second-order valence-corrected chi connectivity index (χ2v) is 6.00. The van der Waals surface area contributed by atoms with Crippen LogP contribution in [0.2, 0.25) is 0 Å². The van der Waals surface area contributed by atoms with Gasteiger partial charge in [-0.3, -0.25) is 9.59 Å². The topological polar surface area (TPSA) is 79.5 Å². The van der Waals surface area contributed by atoms with E-state index in [4.69, 9.17) is 4.74 Å². The molecule has 0 unspecified atom stereocenters. The van der Waals surface area contributed by atoms with E-state index in [0.717, 1.165) is 0 Å². The molecule has 2 aromatic carbocycles. The number of amides is 2. The second kappa shape index (κ2) is 9.46. The standard InChI is InChI=1S/C20H25N3O3/c1-4-26-18-12-8-7-11-17(18)23-19(24)13-21-16-10-6-5-9-15(16)20(25)22-14(2)3/h5-12,14,21H,4,13H2,1-3H3,(H,22,25)(H,23,24). The lowest BCUT2D eigenvalue weighted by atomic mass is 10.1. The van der Waals surface area contributed by atoms with Gasteiger partial charge in [-0.05, 0) is 45.0 Å². The molecule has 0 radical (unpaired) electrons. The number of hydrogen-bond donors (Lipinski definition) is 3. The van der Waals surface area contributed by atoms with Gasteiger partial charge in [-0.1, -0.05) is 24.3 Å². The molecule has 0 aliphatic carbocycles. The Kier molecular flexibility index (Phi) is 7.02. The van der Waals surface area contributed by atoms with Gasteiger partial charge in [-0.2, -0.15) is 0 Å². The van der Waals surface area contributed by atoms with E-state index in [1.54, 1.807) is 30.3 Å². The molecule has 0 spiro atoms. The minimum atomic E-state index is -0.226. The van der Waals surface area contributed by atoms with E-state index in [9.17, 15) is 9.59 Å². The van der Waals surface area contributed by atoms with Gasteiger partial charge >= 0.3 is 0 Å². The number of ether oxygens (including phenoxy) is 1. The average Bonchev–Trinajstić information content (AvgIpc) is 2.61. The number of carbonyl (C=O) groups excluding carboxylic acids is 2. The molecule has 2 aromatic rings. The highest BCUT2D eigenvalue weighted by Crippen LogP contribution is 2.23. The largest absolute Gasteiger partial charge is 0.492 e. The van der Waals surface area contributed by atoms with Crippen LogP contribution in [0.4, 0.5) is 11.4 Å². The third-order valence-corrected chi connectivity index (χ3v) is 3.49. The summed E-state index contributed by atoms with van der Waals surface area (Å²) in [6, 6.07) is 14.4. The Balaban J connectivity index is 2.01. The first-order valence-electron chi connectivity index (χ1n) is 8.66. The minimum Gasteiger partial charge on any atom is -0.492 e. The van der Waals surface area contributed by atoms with E-state index in [1.807, 2.05) is 39.0 Å². The summed E-state index contributed by atoms with van der Waals surface area (Å²) < 4.78 is 5.50. The summed E-state index contributed by atoms with van der Waals surface area (Å²) in [6.45, 7) is 6.24. The molecule has 3 N–H and O–H groups in total. The molecule has 0 fully saturated rings. The lowest BCUT2D eigenvalue weighted by Gasteiger charge is -2.14. The second-order valence-electron chi connectivity index (χ2n) is 6.00. The predicted molar refractivity (Wildman–Crippen MR) is 104 cm³/mol. The van der Waals surface area contributed by atoms with E-state index < -0.39 is 0 Å². The molecular weight excluding hydrogens is 330 g/mol. The minimum absolute atomic E-state index is 0.0342. The lowest BCUT2D eigenvalue weighted by molar-refractivity contribution is -0.114. The van der Waals surface area contributed by atoms with Crippen molar-refractivity contribution < 1.29 is 14.3 Å². The fourth-order valence-corrected chi connectivity index (χ4v) is 2.40. The van der Waals surface area contributed by atoms with Gasteiger partial charge in [0.05, 0.1) is 24.4 Å². The van der Waals surface area contributed by atoms with Crippen LogP contribution in [0.1, 0.15) is 31.1 Å². The molecule has 0 bridgehead atoms. The van der Waals surface area contributed by atoms with Crippen LogP contribution in [-0.2, 0) is 4.79 Å². The Hall–Kier alpha value is -3.02. The van der Waals surface area contributed by atoms with Crippen molar-refractivity contribution in [2.75, 3.05) is 23.8 Å². The SMILES string of the molecule is CCOc1ccccc1NC(=O)CNc1ccccc1C(=O)NC(C)C. The summed E-state index contributed by atoms with van der Waals surface area (Å²) in [5.41, 5.74) is 1.73. The van der Waals surface area contributed by atoms with Crippen LogP contribution >= 0.6 is 0 Å². The van der Waals surface area contributed by atoms with Crippen molar-refractivity contribution in [2.45, 2.75) is 26.8 Å². The zero-order chi connectivity index (χ0) is 18.9. The molecule has 6 nitrogen and oxygen atoms in total. The number of rotatable bonds is 8. The van der Waals surface area contributed by atoms with Crippen LogP contribution in [0.5, 0.6) is 5.75 Å². The molecule has 0 heterocycles. The molecule has 0 atom stereocenters. The maximum Gasteiger partial charge on any atom is 0.253 e. The molecule has 0 saturated heterocycles. The summed E-state index contributed by atoms with van der Waals surface area (Å²) in [7, 11) is 0. The number of anilines is 2. The van der Waals surface area contributed by atoms with E-state index >= 15 is 0 Å². The quantitative estimate of drug-likeness (QED) is 0.679. The first-order chi connectivity index (χ1) is 12.5. The van der Waals surface area contributed by atoms with Crippen molar-refractivity contribution in [1.82, 2.24) is 5.32 Å². The van der Waals surface area contributed by atoms with Crippen LogP contribution < -0.4 is 20.7 Å². The predicted octanol–water partition coefficient (Wildman–Crippen LogP) is 3.27. The van der Waals surface area contributed by atoms with E-state index in [0.29, 0.717) is 29.3 Å². The van der Waals surface area contributed by atoms with Crippen LogP contribution in [0, 0.1) is 0 Å². The molecule has 0 aliphatic heterocycles. The van der Waals surface area contributed by atoms with Gasteiger partial charge < -0.3 is 20.7 Å². The maximum absolute atomic E-state index is 12.3. The molecule has 6 heteroatoms. The molecule has 26 heavy (non-hydrogen) atoms. The highest BCUT2D eigenvalue weighted by molar-refractivity contribution is 6.01. The number of nitrogens with one attached hydrogen (secondary N) is 3. The normalized spacial score (nSPS) is 10.3. The van der Waals surface area contributed by atoms with Gasteiger partial charge in [0.2, 0.25) is 5.91 Å². The third-order valence-electron chi connectivity index (χ3n) is 3.49. The van der Waals surface area contributed by atoms with E-state index in [-0.39, 0.29) is 24.4 Å². The van der Waals surface area contributed by atoms with Crippen molar-refractivity contribution in [3.05, 3.63) is 54.1 Å². The monoisotopic (exact) mass is 355 g/mol. The molecule has 2 rings (SSSR count). The van der Waals surface area contributed by atoms with Gasteiger partial charge in [0.1, 0.15) is 5.75 Å². The smallest absolute Gasteiger partial charge is 0.253 e. The third kappa shape index (κ3) is 5.51. The number of benzene rings is 2. The maximum atomic E-state index is 12.3. The Labute approximate surface area is 153 Å². The van der Waals surface area contributed by atoms with Crippen LogP contribution in [0.25, 0.3) is 0 Å². The Bertz CT molecular complexity index is 759. The van der Waals surface area contributed by atoms with Crippen LogP contribution in [0.3, 0.4) is 0 Å². The molecule has 0 aliphatic rings. The Morgan fingerprint density at radius 3 is 2.35 bits per heavy atom. The number of hydrogen-bond acceptors (Lipinski definition) is 4. The highest BCUT2D eigenvalue weighted by atomic mass is 16.5. The van der Waals surface area contributed by atoms with Crippen LogP contribution in [0.15, 0.2) is 48.5 Å². The average molecular weight is 355 g/mol. The Morgan fingerprint density at radius 1 is 1.00 bits per heavy atom. The fraction of sp³-hybridized carbons (Fsp3) is 0.300. The Morgan fingerprint density at radius 2 is 1.65 bits per heavy atom. The van der Waals surface area contributed by atoms with E-state index in [2.05, 4.69) is 16.0 Å². The molecule has 2 amide bonds. The van der Waals surface area contributed by atoms with Gasteiger partial charge in [-0.15, -0.1) is 0 Å². The first-order valence-corrected chi connectivity index (χ1v) is 8.66. The zero-order valence-corrected chi connectivity index (χ0v) is 15.3. The van der Waals surface area contributed by atoms with Gasteiger partial charge in [-0.25, -0.2) is 0 Å². The molecule has 138 valence electrons. The van der Waals surface area contributed by atoms with Crippen LogP contribution in [-0.4, -0.2) is 31.0 Å². The van der Waals surface area contributed by atoms with Gasteiger partial charge in [0.25, 0.3) is 5.91 Å². The summed E-state index contributed by atoms with van der Waals surface area (Å²) in [4.78, 5) is 24.5. The summed E-state index contributed by atoms with van der Waals surface area (Å²) in [5, 5.41) is 8.70. The van der Waals surface area contributed by atoms with Crippen molar-refractivity contribution in [2.24, 2.45) is 0 Å². The van der Waals surface area contributed by atoms with Crippen molar-refractivity contribution in [1.29, 1.82) is 0 Å². The van der Waals surface area contributed by atoms with Crippen molar-refractivity contribution in [3.8, 4) is 5.75 Å². The van der Waals surface area contributed by atoms with Gasteiger partial charge in [0.15, 0.2) is 0 Å². The summed E-state index contributed by atoms with van der Waals surface area (Å²) >= 11 is 0. The molecule has 0 aromatic heterocycles. The molecular formula is C20H25N3O3. The molecule has 0 saturated carbocycles. The van der Waals surface area contributed by atoms with Crippen molar-refractivity contribution >= 4 is 23.2 Å². The summed E-state index contributed by atoms with van der Waals surface area (Å²) in [6.07, 6.45) is 0. The highest BCUT2D eigenvalue weighted by Gasteiger charge is 2.13. The lowest BCUT2D eigenvalue weighted by Crippen LogP contribution is -2.31. The number of para-hydroxylation sites is 3.